The second-order valence-electron chi connectivity index (χ2n) is 8.00. The number of carbonyl (C=O) groups is 2. The molecule has 1 aromatic heterocycles. The van der Waals surface area contributed by atoms with Crippen molar-refractivity contribution in [3.8, 4) is 0 Å². The Kier molecular flexibility index (Phi) is 3.97. The number of para-hydroxylation sites is 1. The predicted molar refractivity (Wildman–Crippen MR) is 108 cm³/mol. The minimum absolute atomic E-state index is 0.0370. The van der Waals surface area contributed by atoms with Gasteiger partial charge in [-0.05, 0) is 37.0 Å². The fourth-order valence-electron chi connectivity index (χ4n) is 4.66. The highest BCUT2D eigenvalue weighted by Crippen LogP contribution is 2.39. The van der Waals surface area contributed by atoms with Crippen molar-refractivity contribution in [2.45, 2.75) is 30.7 Å². The second-order valence-corrected chi connectivity index (χ2v) is 8.00. The minimum atomic E-state index is -0.186. The first-order valence-corrected chi connectivity index (χ1v) is 9.88. The average molecular weight is 373 g/mol. The summed E-state index contributed by atoms with van der Waals surface area (Å²) in [4.78, 5) is 30.6. The van der Waals surface area contributed by atoms with Crippen molar-refractivity contribution in [3.05, 3.63) is 71.9 Å². The number of benzene rings is 2. The van der Waals surface area contributed by atoms with E-state index >= 15 is 0 Å². The molecule has 3 aromatic rings. The van der Waals surface area contributed by atoms with Gasteiger partial charge in [-0.2, -0.15) is 0 Å². The summed E-state index contributed by atoms with van der Waals surface area (Å²) in [5, 5.41) is 4.30. The predicted octanol–water partition coefficient (Wildman–Crippen LogP) is 3.45. The van der Waals surface area contributed by atoms with Gasteiger partial charge < -0.3 is 15.2 Å². The molecule has 1 spiro atoms. The molecule has 2 aliphatic heterocycles. The van der Waals surface area contributed by atoms with Crippen LogP contribution in [0.5, 0.6) is 0 Å². The van der Waals surface area contributed by atoms with Crippen molar-refractivity contribution in [2.24, 2.45) is 0 Å². The zero-order valence-electron chi connectivity index (χ0n) is 15.7. The Morgan fingerprint density at radius 2 is 1.71 bits per heavy atom. The van der Waals surface area contributed by atoms with Gasteiger partial charge in [-0.3, -0.25) is 9.59 Å². The summed E-state index contributed by atoms with van der Waals surface area (Å²) in [5.74, 6) is 0.0636. The SMILES string of the molecule is O=C1NC2(CCN(C(=O)c3cc4ccccc4[nH]3)CC2)C[C@H]1c1ccccc1. The lowest BCUT2D eigenvalue weighted by Crippen LogP contribution is -2.52. The van der Waals surface area contributed by atoms with Gasteiger partial charge in [0.15, 0.2) is 0 Å². The third-order valence-electron chi connectivity index (χ3n) is 6.27. The van der Waals surface area contributed by atoms with Crippen LogP contribution < -0.4 is 5.32 Å². The molecule has 0 bridgehead atoms. The van der Waals surface area contributed by atoms with E-state index < -0.39 is 0 Å². The van der Waals surface area contributed by atoms with Gasteiger partial charge in [-0.15, -0.1) is 0 Å². The molecular weight excluding hydrogens is 350 g/mol. The first-order chi connectivity index (χ1) is 13.6. The zero-order valence-corrected chi connectivity index (χ0v) is 15.7. The smallest absolute Gasteiger partial charge is 0.270 e. The highest BCUT2D eigenvalue weighted by atomic mass is 16.2. The Hall–Kier alpha value is -3.08. The quantitative estimate of drug-likeness (QED) is 0.723. The number of rotatable bonds is 2. The molecule has 142 valence electrons. The Morgan fingerprint density at radius 1 is 1.00 bits per heavy atom. The number of carbonyl (C=O) groups excluding carboxylic acids is 2. The Labute approximate surface area is 163 Å². The maximum Gasteiger partial charge on any atom is 0.270 e. The van der Waals surface area contributed by atoms with Gasteiger partial charge in [-0.1, -0.05) is 48.5 Å². The maximum atomic E-state index is 12.9. The normalized spacial score (nSPS) is 21.2. The highest BCUT2D eigenvalue weighted by molar-refractivity contribution is 5.98. The second kappa shape index (κ2) is 6.51. The van der Waals surface area contributed by atoms with Crippen LogP contribution in [0.4, 0.5) is 0 Å². The number of aromatic amines is 1. The summed E-state index contributed by atoms with van der Waals surface area (Å²) >= 11 is 0. The first kappa shape index (κ1) is 17.0. The number of likely N-dealkylation sites (tertiary alicyclic amines) is 1. The lowest BCUT2D eigenvalue weighted by Gasteiger charge is -2.39. The van der Waals surface area contributed by atoms with Crippen molar-refractivity contribution in [3.63, 3.8) is 0 Å². The molecule has 0 saturated carbocycles. The number of nitrogens with zero attached hydrogens (tertiary/aromatic N) is 1. The number of nitrogens with one attached hydrogen (secondary N) is 2. The lowest BCUT2D eigenvalue weighted by molar-refractivity contribution is -0.121. The van der Waals surface area contributed by atoms with E-state index in [9.17, 15) is 9.59 Å². The molecule has 3 heterocycles. The molecule has 0 unspecified atom stereocenters. The zero-order chi connectivity index (χ0) is 19.1. The number of aromatic nitrogens is 1. The lowest BCUT2D eigenvalue weighted by atomic mass is 9.82. The molecule has 28 heavy (non-hydrogen) atoms. The van der Waals surface area contributed by atoms with Gasteiger partial charge >= 0.3 is 0 Å². The number of H-pyrrole nitrogens is 1. The number of hydrogen-bond donors (Lipinski definition) is 2. The summed E-state index contributed by atoms with van der Waals surface area (Å²) in [6.45, 7) is 1.33. The monoisotopic (exact) mass is 373 g/mol. The van der Waals surface area contributed by atoms with Gasteiger partial charge in [0.1, 0.15) is 5.69 Å². The molecule has 5 rings (SSSR count). The molecular formula is C23H23N3O2. The van der Waals surface area contributed by atoms with Gasteiger partial charge in [0.25, 0.3) is 5.91 Å². The van der Waals surface area contributed by atoms with E-state index in [1.165, 1.54) is 0 Å². The van der Waals surface area contributed by atoms with E-state index in [0.717, 1.165) is 35.7 Å². The molecule has 2 aliphatic rings. The molecule has 2 N–H and O–H groups in total. The summed E-state index contributed by atoms with van der Waals surface area (Å²) in [7, 11) is 0. The van der Waals surface area contributed by atoms with Crippen LogP contribution in [0.2, 0.25) is 0 Å². The summed E-state index contributed by atoms with van der Waals surface area (Å²) in [6, 6.07) is 19.8. The van der Waals surface area contributed by atoms with E-state index in [2.05, 4.69) is 10.3 Å². The number of fused-ring (bicyclic) bond motifs is 1. The summed E-state index contributed by atoms with van der Waals surface area (Å²) in [5.41, 5.74) is 2.51. The van der Waals surface area contributed by atoms with Gasteiger partial charge in [0.05, 0.1) is 5.92 Å². The summed E-state index contributed by atoms with van der Waals surface area (Å²) < 4.78 is 0. The highest BCUT2D eigenvalue weighted by Gasteiger charge is 2.46. The molecule has 2 amide bonds. The van der Waals surface area contributed by atoms with Crippen LogP contribution in [-0.4, -0.2) is 40.3 Å². The minimum Gasteiger partial charge on any atom is -0.351 e. The molecule has 5 heteroatoms. The average Bonchev–Trinajstić information content (AvgIpc) is 3.30. The fourth-order valence-corrected chi connectivity index (χ4v) is 4.66. The molecule has 2 fully saturated rings. The van der Waals surface area contributed by atoms with Crippen molar-refractivity contribution in [2.75, 3.05) is 13.1 Å². The van der Waals surface area contributed by atoms with Crippen molar-refractivity contribution in [1.82, 2.24) is 15.2 Å². The fraction of sp³-hybridized carbons (Fsp3) is 0.304. The van der Waals surface area contributed by atoms with Crippen LogP contribution >= 0.6 is 0 Å². The molecule has 0 radical (unpaired) electrons. The van der Waals surface area contributed by atoms with Gasteiger partial charge in [-0.25, -0.2) is 0 Å². The van der Waals surface area contributed by atoms with Crippen LogP contribution in [0.15, 0.2) is 60.7 Å². The number of amides is 2. The van der Waals surface area contributed by atoms with Crippen LogP contribution in [0.25, 0.3) is 10.9 Å². The van der Waals surface area contributed by atoms with E-state index in [1.54, 1.807) is 0 Å². The maximum absolute atomic E-state index is 12.9. The van der Waals surface area contributed by atoms with Gasteiger partial charge in [0.2, 0.25) is 5.91 Å². The first-order valence-electron chi connectivity index (χ1n) is 9.88. The summed E-state index contributed by atoms with van der Waals surface area (Å²) in [6.07, 6.45) is 2.41. The third kappa shape index (κ3) is 2.87. The number of hydrogen-bond acceptors (Lipinski definition) is 2. The molecule has 2 aromatic carbocycles. The van der Waals surface area contributed by atoms with E-state index in [4.69, 9.17) is 0 Å². The standard InChI is InChI=1S/C23H23N3O2/c27-21-18(16-6-2-1-3-7-16)15-23(25-21)10-12-26(13-11-23)22(28)20-14-17-8-4-5-9-19(17)24-20/h1-9,14,18,24H,10-13,15H2,(H,25,27)/t18-/m0/s1. The van der Waals surface area contributed by atoms with E-state index in [1.807, 2.05) is 65.6 Å². The molecule has 2 saturated heterocycles. The van der Waals surface area contributed by atoms with Crippen LogP contribution in [0.1, 0.15) is 41.2 Å². The molecule has 1 atom stereocenters. The van der Waals surface area contributed by atoms with E-state index in [0.29, 0.717) is 18.8 Å². The van der Waals surface area contributed by atoms with E-state index in [-0.39, 0.29) is 23.3 Å². The van der Waals surface area contributed by atoms with Crippen LogP contribution in [0, 0.1) is 0 Å². The van der Waals surface area contributed by atoms with Crippen LogP contribution in [0.3, 0.4) is 0 Å². The number of piperidine rings is 1. The topological polar surface area (TPSA) is 65.2 Å². The third-order valence-corrected chi connectivity index (χ3v) is 6.27. The Balaban J connectivity index is 1.28. The van der Waals surface area contributed by atoms with Gasteiger partial charge in [0, 0.05) is 29.5 Å². The van der Waals surface area contributed by atoms with Crippen molar-refractivity contribution < 1.29 is 9.59 Å². The van der Waals surface area contributed by atoms with Crippen molar-refractivity contribution in [1.29, 1.82) is 0 Å². The van der Waals surface area contributed by atoms with Crippen molar-refractivity contribution >= 4 is 22.7 Å². The van der Waals surface area contributed by atoms with Crippen LogP contribution in [-0.2, 0) is 4.79 Å². The Bertz CT molecular complexity index is 999. The molecule has 0 aliphatic carbocycles. The Morgan fingerprint density at radius 3 is 2.46 bits per heavy atom. The largest absolute Gasteiger partial charge is 0.351 e. The molecule has 5 nitrogen and oxygen atoms in total.